The topological polar surface area (TPSA) is 104 Å². The summed E-state index contributed by atoms with van der Waals surface area (Å²) >= 11 is 3.13. The molecule has 0 aromatic heterocycles. The molecular formula is C14H25BrN2O5S. The van der Waals surface area contributed by atoms with Gasteiger partial charge in [0.2, 0.25) is 15.9 Å². The van der Waals surface area contributed by atoms with Crippen LogP contribution in [0.2, 0.25) is 0 Å². The quantitative estimate of drug-likeness (QED) is 0.582. The standard InChI is InChI=1S/C14H25BrN2O5S/c1-3-10(2)23(21,22)16-12(14(19)20)8-11-4-6-17(7-5-11)13(18)9-15/h10-12,16H,3-9H2,1-2H3,(H,19,20). The molecule has 1 rings (SSSR count). The van der Waals surface area contributed by atoms with Crippen LogP contribution in [0.4, 0.5) is 0 Å². The third-order valence-corrected chi connectivity index (χ3v) is 6.85. The minimum atomic E-state index is -3.64. The van der Waals surface area contributed by atoms with Crippen LogP contribution in [0.25, 0.3) is 0 Å². The molecular weight excluding hydrogens is 388 g/mol. The molecule has 7 nitrogen and oxygen atoms in total. The maximum atomic E-state index is 12.1. The van der Waals surface area contributed by atoms with Crippen molar-refractivity contribution in [3.05, 3.63) is 0 Å². The van der Waals surface area contributed by atoms with Crippen LogP contribution in [0, 0.1) is 5.92 Å². The molecule has 1 aliphatic heterocycles. The summed E-state index contributed by atoms with van der Waals surface area (Å²) in [4.78, 5) is 24.7. The monoisotopic (exact) mass is 412 g/mol. The predicted molar refractivity (Wildman–Crippen MR) is 90.9 cm³/mol. The highest BCUT2D eigenvalue weighted by atomic mass is 79.9. The lowest BCUT2D eigenvalue weighted by molar-refractivity contribution is -0.140. The smallest absolute Gasteiger partial charge is 0.321 e. The number of nitrogens with one attached hydrogen (secondary N) is 1. The number of alkyl halides is 1. The van der Waals surface area contributed by atoms with Crippen LogP contribution >= 0.6 is 15.9 Å². The molecule has 1 heterocycles. The molecule has 2 N–H and O–H groups in total. The van der Waals surface area contributed by atoms with Gasteiger partial charge in [0.05, 0.1) is 10.6 Å². The van der Waals surface area contributed by atoms with Gasteiger partial charge in [-0.3, -0.25) is 9.59 Å². The summed E-state index contributed by atoms with van der Waals surface area (Å²) in [5, 5.41) is 8.96. The number of hydrogen-bond donors (Lipinski definition) is 2. The molecule has 0 aromatic carbocycles. The SMILES string of the molecule is CCC(C)S(=O)(=O)NC(CC1CCN(C(=O)CBr)CC1)C(=O)O. The predicted octanol–water partition coefficient (Wildman–Crippen LogP) is 1.18. The van der Waals surface area contributed by atoms with Crippen molar-refractivity contribution in [1.29, 1.82) is 0 Å². The number of carbonyl (C=O) groups is 2. The van der Waals surface area contributed by atoms with Crippen LogP contribution < -0.4 is 4.72 Å². The fourth-order valence-corrected chi connectivity index (χ4v) is 4.19. The van der Waals surface area contributed by atoms with Gasteiger partial charge in [-0.1, -0.05) is 22.9 Å². The molecule has 0 aliphatic carbocycles. The average Bonchev–Trinajstić information content (AvgIpc) is 2.52. The first kappa shape index (κ1) is 20.4. The Bertz CT molecular complexity index is 517. The number of nitrogens with zero attached hydrogens (tertiary/aromatic N) is 1. The van der Waals surface area contributed by atoms with E-state index in [1.165, 1.54) is 0 Å². The Morgan fingerprint density at radius 3 is 2.35 bits per heavy atom. The van der Waals surface area contributed by atoms with Crippen molar-refractivity contribution >= 4 is 37.8 Å². The molecule has 0 spiro atoms. The Morgan fingerprint density at radius 2 is 1.91 bits per heavy atom. The second-order valence-corrected chi connectivity index (χ2v) is 8.66. The van der Waals surface area contributed by atoms with E-state index in [9.17, 15) is 23.1 Å². The molecule has 9 heteroatoms. The summed E-state index contributed by atoms with van der Waals surface area (Å²) in [5.74, 6) is -1.04. The Kier molecular flexibility index (Phi) is 7.96. The maximum absolute atomic E-state index is 12.1. The maximum Gasteiger partial charge on any atom is 0.321 e. The molecule has 134 valence electrons. The summed E-state index contributed by atoms with van der Waals surface area (Å²) in [7, 11) is -3.64. The van der Waals surface area contributed by atoms with Gasteiger partial charge in [-0.15, -0.1) is 0 Å². The number of piperidine rings is 1. The van der Waals surface area contributed by atoms with Gasteiger partial charge in [0.15, 0.2) is 0 Å². The second-order valence-electron chi connectivity index (χ2n) is 5.97. The number of rotatable bonds is 8. The molecule has 0 radical (unpaired) electrons. The number of sulfonamides is 1. The summed E-state index contributed by atoms with van der Waals surface area (Å²) < 4.78 is 26.5. The molecule has 1 amide bonds. The molecule has 1 fully saturated rings. The summed E-state index contributed by atoms with van der Waals surface area (Å²) in [6.07, 6.45) is 2.05. The highest BCUT2D eigenvalue weighted by Gasteiger charge is 2.31. The van der Waals surface area contributed by atoms with E-state index in [0.29, 0.717) is 32.4 Å². The van der Waals surface area contributed by atoms with Crippen LogP contribution in [0.1, 0.15) is 39.5 Å². The van der Waals surface area contributed by atoms with Crippen molar-refractivity contribution in [3.63, 3.8) is 0 Å². The van der Waals surface area contributed by atoms with Gasteiger partial charge in [-0.2, -0.15) is 0 Å². The molecule has 2 unspecified atom stereocenters. The average molecular weight is 413 g/mol. The van der Waals surface area contributed by atoms with Gasteiger partial charge in [0, 0.05) is 13.1 Å². The van der Waals surface area contributed by atoms with Gasteiger partial charge in [0.25, 0.3) is 0 Å². The molecule has 2 atom stereocenters. The normalized spacial score (nSPS) is 19.3. The Morgan fingerprint density at radius 1 is 1.35 bits per heavy atom. The van der Waals surface area contributed by atoms with Gasteiger partial charge >= 0.3 is 5.97 Å². The number of carbonyl (C=O) groups excluding carboxylic acids is 1. The molecule has 0 saturated carbocycles. The van der Waals surface area contributed by atoms with Crippen molar-refractivity contribution in [1.82, 2.24) is 9.62 Å². The first-order chi connectivity index (χ1) is 10.7. The highest BCUT2D eigenvalue weighted by Crippen LogP contribution is 2.23. The number of hydrogen-bond acceptors (Lipinski definition) is 4. The van der Waals surface area contributed by atoms with Crippen LogP contribution in [-0.4, -0.2) is 60.0 Å². The van der Waals surface area contributed by atoms with Crippen molar-refractivity contribution in [2.75, 3.05) is 18.4 Å². The third kappa shape index (κ3) is 6.04. The van der Waals surface area contributed by atoms with E-state index in [0.717, 1.165) is 0 Å². The number of amides is 1. The minimum absolute atomic E-state index is 0.0238. The lowest BCUT2D eigenvalue weighted by Crippen LogP contribution is -2.46. The van der Waals surface area contributed by atoms with E-state index in [4.69, 9.17) is 0 Å². The fraction of sp³-hybridized carbons (Fsp3) is 0.857. The van der Waals surface area contributed by atoms with Crippen molar-refractivity contribution in [2.45, 2.75) is 50.8 Å². The zero-order valence-electron chi connectivity index (χ0n) is 13.5. The van der Waals surface area contributed by atoms with Gasteiger partial charge in [-0.25, -0.2) is 13.1 Å². The van der Waals surface area contributed by atoms with Gasteiger partial charge < -0.3 is 10.0 Å². The number of carboxylic acid groups (broad SMARTS) is 1. The number of halogens is 1. The number of aliphatic carboxylic acids is 1. The fourth-order valence-electron chi connectivity index (χ4n) is 2.57. The van der Waals surface area contributed by atoms with E-state index in [2.05, 4.69) is 20.7 Å². The van der Waals surface area contributed by atoms with Crippen molar-refractivity contribution in [3.8, 4) is 0 Å². The lowest BCUT2D eigenvalue weighted by atomic mass is 9.90. The van der Waals surface area contributed by atoms with Crippen molar-refractivity contribution < 1.29 is 23.1 Å². The van der Waals surface area contributed by atoms with E-state index < -0.39 is 27.3 Å². The van der Waals surface area contributed by atoms with Crippen LogP contribution in [0.5, 0.6) is 0 Å². The number of carboxylic acids is 1. The van der Waals surface area contributed by atoms with E-state index in [-0.39, 0.29) is 23.6 Å². The Hall–Kier alpha value is -0.670. The number of likely N-dealkylation sites (tertiary alicyclic amines) is 1. The van der Waals surface area contributed by atoms with Gasteiger partial charge in [-0.05, 0) is 38.5 Å². The van der Waals surface area contributed by atoms with Crippen LogP contribution in [0.15, 0.2) is 0 Å². The molecule has 0 bridgehead atoms. The van der Waals surface area contributed by atoms with Crippen LogP contribution in [-0.2, 0) is 19.6 Å². The largest absolute Gasteiger partial charge is 0.480 e. The first-order valence-corrected chi connectivity index (χ1v) is 10.5. The first-order valence-electron chi connectivity index (χ1n) is 7.78. The zero-order chi connectivity index (χ0) is 17.6. The summed E-state index contributed by atoms with van der Waals surface area (Å²) in [5.41, 5.74) is 0. The summed E-state index contributed by atoms with van der Waals surface area (Å²) in [6.45, 7) is 4.47. The van der Waals surface area contributed by atoms with Gasteiger partial charge in [0.1, 0.15) is 6.04 Å². The Labute approximate surface area is 146 Å². The zero-order valence-corrected chi connectivity index (χ0v) is 15.9. The lowest BCUT2D eigenvalue weighted by Gasteiger charge is -2.33. The van der Waals surface area contributed by atoms with Crippen LogP contribution in [0.3, 0.4) is 0 Å². The van der Waals surface area contributed by atoms with E-state index >= 15 is 0 Å². The molecule has 23 heavy (non-hydrogen) atoms. The minimum Gasteiger partial charge on any atom is -0.480 e. The second kappa shape index (κ2) is 8.98. The highest BCUT2D eigenvalue weighted by molar-refractivity contribution is 9.09. The molecule has 1 aliphatic rings. The summed E-state index contributed by atoms with van der Waals surface area (Å²) in [6, 6.07) is -1.11. The molecule has 1 saturated heterocycles. The van der Waals surface area contributed by atoms with Crippen molar-refractivity contribution in [2.24, 2.45) is 5.92 Å². The third-order valence-electron chi connectivity index (χ3n) is 4.36. The van der Waals surface area contributed by atoms with E-state index in [1.54, 1.807) is 18.7 Å². The molecule has 0 aromatic rings. The Balaban J connectivity index is 2.62. The van der Waals surface area contributed by atoms with E-state index in [1.807, 2.05) is 0 Å².